The number of thioether (sulfide) groups is 1. The van der Waals surface area contributed by atoms with Crippen LogP contribution in [0.2, 0.25) is 0 Å². The van der Waals surface area contributed by atoms with Crippen molar-refractivity contribution in [2.75, 3.05) is 24.7 Å². The normalized spacial score (nSPS) is 15.9. The zero-order chi connectivity index (χ0) is 13.7. The number of hydrogen-bond donors (Lipinski definition) is 1. The van der Waals surface area contributed by atoms with Crippen molar-refractivity contribution in [1.29, 1.82) is 0 Å². The molecule has 0 aromatic carbocycles. The third kappa shape index (κ3) is 4.09. The molecule has 1 fully saturated rings. The van der Waals surface area contributed by atoms with E-state index in [4.69, 9.17) is 4.74 Å². The van der Waals surface area contributed by atoms with Gasteiger partial charge in [-0.05, 0) is 25.2 Å². The number of rotatable bonds is 7. The van der Waals surface area contributed by atoms with Gasteiger partial charge in [-0.2, -0.15) is 0 Å². The van der Waals surface area contributed by atoms with E-state index in [9.17, 15) is 4.79 Å². The molecule has 2 rings (SSSR count). The van der Waals surface area contributed by atoms with Crippen LogP contribution in [-0.2, 0) is 9.53 Å². The minimum absolute atomic E-state index is 0.117. The van der Waals surface area contributed by atoms with E-state index in [0.717, 1.165) is 36.0 Å². The van der Waals surface area contributed by atoms with Gasteiger partial charge >= 0.3 is 5.97 Å². The van der Waals surface area contributed by atoms with Crippen molar-refractivity contribution in [2.24, 2.45) is 5.41 Å². The number of anilines is 1. The summed E-state index contributed by atoms with van der Waals surface area (Å²) >= 11 is 1.68. The Morgan fingerprint density at radius 3 is 2.95 bits per heavy atom. The van der Waals surface area contributed by atoms with Crippen molar-refractivity contribution in [3.05, 3.63) is 12.4 Å². The molecule has 0 spiro atoms. The van der Waals surface area contributed by atoms with E-state index in [1.165, 1.54) is 7.11 Å². The second-order valence-electron chi connectivity index (χ2n) is 4.81. The highest BCUT2D eigenvalue weighted by Gasteiger charge is 2.44. The first-order valence-corrected chi connectivity index (χ1v) is 7.41. The Morgan fingerprint density at radius 1 is 1.53 bits per heavy atom. The number of methoxy groups -OCH3 is 1. The van der Waals surface area contributed by atoms with Gasteiger partial charge in [0.05, 0.1) is 13.5 Å². The van der Waals surface area contributed by atoms with Gasteiger partial charge in [0.2, 0.25) is 0 Å². The predicted octanol–water partition coefficient (Wildman–Crippen LogP) is 2.34. The Balaban J connectivity index is 1.88. The van der Waals surface area contributed by atoms with Crippen molar-refractivity contribution < 1.29 is 9.53 Å². The molecule has 0 saturated heterocycles. The monoisotopic (exact) mass is 281 g/mol. The van der Waals surface area contributed by atoms with Crippen LogP contribution in [0.15, 0.2) is 17.4 Å². The maximum Gasteiger partial charge on any atom is 0.306 e. The molecule has 0 radical (unpaired) electrons. The lowest BCUT2D eigenvalue weighted by atomic mass is 10.1. The quantitative estimate of drug-likeness (QED) is 0.470. The summed E-state index contributed by atoms with van der Waals surface area (Å²) in [4.78, 5) is 19.7. The van der Waals surface area contributed by atoms with Crippen LogP contribution in [0.4, 0.5) is 5.82 Å². The molecule has 6 heteroatoms. The van der Waals surface area contributed by atoms with Gasteiger partial charge in [-0.25, -0.2) is 9.97 Å². The van der Waals surface area contributed by atoms with E-state index in [0.29, 0.717) is 6.42 Å². The van der Waals surface area contributed by atoms with Gasteiger partial charge in [0, 0.05) is 18.4 Å². The molecule has 1 saturated carbocycles. The van der Waals surface area contributed by atoms with E-state index in [2.05, 4.69) is 15.3 Å². The summed E-state index contributed by atoms with van der Waals surface area (Å²) in [7, 11) is 1.44. The predicted molar refractivity (Wildman–Crippen MR) is 75.2 cm³/mol. The van der Waals surface area contributed by atoms with Crippen LogP contribution >= 0.6 is 11.8 Å². The lowest BCUT2D eigenvalue weighted by Crippen LogP contribution is -2.13. The standard InChI is InChI=1S/C13H19N3O2S/c1-3-14-10-6-11(16-9-15-10)19-8-13(4-5-13)7-12(17)18-2/h6,9H,3-5,7-8H2,1-2H3,(H,14,15,16). The molecule has 0 bridgehead atoms. The van der Waals surface area contributed by atoms with Gasteiger partial charge in [-0.3, -0.25) is 4.79 Å². The fraction of sp³-hybridized carbons (Fsp3) is 0.615. The molecule has 5 nitrogen and oxygen atoms in total. The highest BCUT2D eigenvalue weighted by molar-refractivity contribution is 7.99. The van der Waals surface area contributed by atoms with Crippen LogP contribution in [0.3, 0.4) is 0 Å². The molecule has 1 aliphatic carbocycles. The fourth-order valence-corrected chi connectivity index (χ4v) is 3.01. The Morgan fingerprint density at radius 2 is 2.32 bits per heavy atom. The van der Waals surface area contributed by atoms with Gasteiger partial charge in [-0.15, -0.1) is 11.8 Å². The average molecular weight is 281 g/mol. The van der Waals surface area contributed by atoms with Crippen LogP contribution in [0.1, 0.15) is 26.2 Å². The van der Waals surface area contributed by atoms with E-state index in [1.54, 1.807) is 18.1 Å². The van der Waals surface area contributed by atoms with Crippen molar-refractivity contribution in [3.63, 3.8) is 0 Å². The third-order valence-electron chi connectivity index (χ3n) is 3.23. The number of esters is 1. The first-order valence-electron chi connectivity index (χ1n) is 6.43. The molecule has 1 aliphatic rings. The highest BCUT2D eigenvalue weighted by Crippen LogP contribution is 2.52. The fourth-order valence-electron chi connectivity index (χ4n) is 1.85. The summed E-state index contributed by atoms with van der Waals surface area (Å²) < 4.78 is 4.75. The molecular formula is C13H19N3O2S. The van der Waals surface area contributed by atoms with Crippen LogP contribution in [0, 0.1) is 5.41 Å². The lowest BCUT2D eigenvalue weighted by molar-refractivity contribution is -0.141. The van der Waals surface area contributed by atoms with Crippen molar-refractivity contribution >= 4 is 23.5 Å². The summed E-state index contributed by atoms with van der Waals surface area (Å²) in [5, 5.41) is 4.11. The largest absolute Gasteiger partial charge is 0.469 e. The van der Waals surface area contributed by atoms with E-state index in [1.807, 2.05) is 13.0 Å². The average Bonchev–Trinajstić information content (AvgIpc) is 3.17. The minimum Gasteiger partial charge on any atom is -0.469 e. The number of nitrogens with one attached hydrogen (secondary N) is 1. The topological polar surface area (TPSA) is 64.1 Å². The summed E-state index contributed by atoms with van der Waals surface area (Å²) in [6.45, 7) is 2.87. The molecule has 1 N–H and O–H groups in total. The molecule has 1 aromatic rings. The lowest BCUT2D eigenvalue weighted by Gasteiger charge is -2.12. The summed E-state index contributed by atoms with van der Waals surface area (Å²) in [5.41, 5.74) is 0.126. The maximum atomic E-state index is 11.4. The molecule has 104 valence electrons. The smallest absolute Gasteiger partial charge is 0.306 e. The van der Waals surface area contributed by atoms with Crippen LogP contribution in [-0.4, -0.2) is 35.3 Å². The molecule has 1 heterocycles. The van der Waals surface area contributed by atoms with Crippen LogP contribution in [0.25, 0.3) is 0 Å². The minimum atomic E-state index is -0.117. The molecule has 0 unspecified atom stereocenters. The maximum absolute atomic E-state index is 11.4. The number of carbonyl (C=O) groups excluding carboxylic acids is 1. The highest BCUT2D eigenvalue weighted by atomic mass is 32.2. The molecule has 0 amide bonds. The summed E-state index contributed by atoms with van der Waals surface area (Å²) in [6, 6.07) is 1.95. The molecular weight excluding hydrogens is 262 g/mol. The second-order valence-corrected chi connectivity index (χ2v) is 5.81. The van der Waals surface area contributed by atoms with Crippen LogP contribution in [0.5, 0.6) is 0 Å². The first-order chi connectivity index (χ1) is 9.17. The number of carbonyl (C=O) groups is 1. The number of aromatic nitrogens is 2. The van der Waals surface area contributed by atoms with Gasteiger partial charge in [0.1, 0.15) is 17.2 Å². The Labute approximate surface area is 117 Å². The van der Waals surface area contributed by atoms with Gasteiger partial charge < -0.3 is 10.1 Å². The summed E-state index contributed by atoms with van der Waals surface area (Å²) in [6.07, 6.45) is 4.28. The Bertz CT molecular complexity index is 449. The van der Waals surface area contributed by atoms with E-state index in [-0.39, 0.29) is 11.4 Å². The van der Waals surface area contributed by atoms with Crippen molar-refractivity contribution in [2.45, 2.75) is 31.2 Å². The van der Waals surface area contributed by atoms with Crippen molar-refractivity contribution in [1.82, 2.24) is 9.97 Å². The van der Waals surface area contributed by atoms with E-state index >= 15 is 0 Å². The molecule has 1 aromatic heterocycles. The third-order valence-corrected chi connectivity index (χ3v) is 4.51. The first kappa shape index (κ1) is 14.1. The molecule has 19 heavy (non-hydrogen) atoms. The zero-order valence-electron chi connectivity index (χ0n) is 11.3. The molecule has 0 aliphatic heterocycles. The summed E-state index contributed by atoms with van der Waals surface area (Å²) in [5.74, 6) is 1.64. The Kier molecular flexibility index (Phi) is 4.63. The van der Waals surface area contributed by atoms with E-state index < -0.39 is 0 Å². The van der Waals surface area contributed by atoms with Crippen molar-refractivity contribution in [3.8, 4) is 0 Å². The van der Waals surface area contributed by atoms with Gasteiger partial charge in [0.25, 0.3) is 0 Å². The number of nitrogens with zero attached hydrogens (tertiary/aromatic N) is 2. The SMILES string of the molecule is CCNc1cc(SCC2(CC(=O)OC)CC2)ncn1. The zero-order valence-corrected chi connectivity index (χ0v) is 12.1. The van der Waals surface area contributed by atoms with Crippen LogP contribution < -0.4 is 5.32 Å². The number of ether oxygens (including phenoxy) is 1. The number of hydrogen-bond acceptors (Lipinski definition) is 6. The van der Waals surface area contributed by atoms with Gasteiger partial charge in [-0.1, -0.05) is 0 Å². The Hall–Kier alpha value is -1.30. The second kappa shape index (κ2) is 6.23. The van der Waals surface area contributed by atoms with Gasteiger partial charge in [0.15, 0.2) is 0 Å². The molecule has 0 atom stereocenters.